The molecule has 1 aromatic carbocycles. The largest absolute Gasteiger partial charge is 0.352 e. The van der Waals surface area contributed by atoms with Crippen LogP contribution < -0.4 is 10.6 Å². The zero-order chi connectivity index (χ0) is 22.9. The molecule has 0 bridgehead atoms. The van der Waals surface area contributed by atoms with Crippen LogP contribution in [0.25, 0.3) is 11.0 Å². The van der Waals surface area contributed by atoms with Gasteiger partial charge in [0.2, 0.25) is 5.91 Å². The van der Waals surface area contributed by atoms with Crippen molar-refractivity contribution >= 4 is 22.8 Å². The van der Waals surface area contributed by atoms with Crippen LogP contribution >= 0.6 is 0 Å². The number of carbonyl (C=O) groups is 2. The van der Waals surface area contributed by atoms with Crippen molar-refractivity contribution in [2.75, 3.05) is 6.54 Å². The summed E-state index contributed by atoms with van der Waals surface area (Å²) in [6.45, 7) is 8.91. The van der Waals surface area contributed by atoms with Gasteiger partial charge in [-0.1, -0.05) is 30.3 Å². The summed E-state index contributed by atoms with van der Waals surface area (Å²) < 4.78 is 1.91. The van der Waals surface area contributed by atoms with Crippen molar-refractivity contribution in [2.24, 2.45) is 0 Å². The lowest BCUT2D eigenvalue weighted by Gasteiger charge is -2.20. The van der Waals surface area contributed by atoms with Crippen LogP contribution in [0.3, 0.4) is 0 Å². The van der Waals surface area contributed by atoms with Gasteiger partial charge in [-0.15, -0.1) is 0 Å². The van der Waals surface area contributed by atoms with Crippen LogP contribution in [0.1, 0.15) is 73.3 Å². The molecule has 1 aliphatic carbocycles. The van der Waals surface area contributed by atoms with Gasteiger partial charge >= 0.3 is 0 Å². The van der Waals surface area contributed by atoms with Gasteiger partial charge in [0, 0.05) is 31.1 Å². The second kappa shape index (κ2) is 8.73. The SMILES string of the molecule is Cc1nn(C(C)(C)C)c2nc(C3CC3)cc(C(=O)NCCC(=O)NCc3ccccc3)c12. The van der Waals surface area contributed by atoms with Crippen LogP contribution in [0.2, 0.25) is 0 Å². The number of carbonyl (C=O) groups excluding carboxylic acids is 2. The van der Waals surface area contributed by atoms with Crippen molar-refractivity contribution in [2.45, 2.75) is 65.0 Å². The van der Waals surface area contributed by atoms with Gasteiger partial charge in [0.1, 0.15) is 0 Å². The average Bonchev–Trinajstić information content (AvgIpc) is 3.55. The Morgan fingerprint density at radius 2 is 1.84 bits per heavy atom. The van der Waals surface area contributed by atoms with E-state index in [0.717, 1.165) is 40.8 Å². The van der Waals surface area contributed by atoms with Crippen molar-refractivity contribution in [1.29, 1.82) is 0 Å². The van der Waals surface area contributed by atoms with Crippen LogP contribution in [-0.2, 0) is 16.9 Å². The van der Waals surface area contributed by atoms with E-state index in [0.29, 0.717) is 18.0 Å². The molecule has 0 saturated heterocycles. The topological polar surface area (TPSA) is 88.9 Å². The fraction of sp³-hybridized carbons (Fsp3) is 0.440. The average molecular weight is 434 g/mol. The number of amides is 2. The third-order valence-electron chi connectivity index (χ3n) is 5.68. The van der Waals surface area contributed by atoms with Gasteiger partial charge in [0.25, 0.3) is 5.91 Å². The van der Waals surface area contributed by atoms with Gasteiger partial charge in [-0.2, -0.15) is 5.10 Å². The summed E-state index contributed by atoms with van der Waals surface area (Å²) in [7, 11) is 0. The van der Waals surface area contributed by atoms with E-state index in [1.54, 1.807) is 0 Å². The molecule has 1 aliphatic rings. The van der Waals surface area contributed by atoms with Crippen LogP contribution in [-0.4, -0.2) is 33.1 Å². The molecule has 2 N–H and O–H groups in total. The van der Waals surface area contributed by atoms with Crippen molar-refractivity contribution < 1.29 is 9.59 Å². The van der Waals surface area contributed by atoms with E-state index in [1.807, 2.05) is 48.0 Å². The number of nitrogens with one attached hydrogen (secondary N) is 2. The molecule has 4 rings (SSSR count). The lowest BCUT2D eigenvalue weighted by Crippen LogP contribution is -2.30. The van der Waals surface area contributed by atoms with E-state index < -0.39 is 0 Å². The van der Waals surface area contributed by atoms with Crippen LogP contribution in [0.4, 0.5) is 0 Å². The molecule has 2 heterocycles. The predicted octanol–water partition coefficient (Wildman–Crippen LogP) is 3.81. The maximum atomic E-state index is 13.1. The summed E-state index contributed by atoms with van der Waals surface area (Å²) in [5, 5.41) is 11.3. The summed E-state index contributed by atoms with van der Waals surface area (Å²) in [6, 6.07) is 11.7. The maximum Gasteiger partial charge on any atom is 0.252 e. The number of hydrogen-bond acceptors (Lipinski definition) is 4. The van der Waals surface area contributed by atoms with Gasteiger partial charge < -0.3 is 10.6 Å². The number of rotatable bonds is 7. The van der Waals surface area contributed by atoms with Gasteiger partial charge in [-0.25, -0.2) is 9.67 Å². The van der Waals surface area contributed by atoms with E-state index >= 15 is 0 Å². The highest BCUT2D eigenvalue weighted by molar-refractivity contribution is 6.06. The monoisotopic (exact) mass is 433 g/mol. The van der Waals surface area contributed by atoms with Gasteiger partial charge in [0.15, 0.2) is 5.65 Å². The van der Waals surface area contributed by atoms with E-state index in [-0.39, 0.29) is 30.3 Å². The maximum absolute atomic E-state index is 13.1. The normalized spacial score (nSPS) is 13.9. The highest BCUT2D eigenvalue weighted by Crippen LogP contribution is 2.40. The summed E-state index contributed by atoms with van der Waals surface area (Å²) in [5.74, 6) is 0.134. The van der Waals surface area contributed by atoms with Gasteiger partial charge in [0.05, 0.1) is 22.2 Å². The minimum atomic E-state index is -0.244. The first-order chi connectivity index (χ1) is 15.2. The van der Waals surface area contributed by atoms with E-state index in [9.17, 15) is 9.59 Å². The Hall–Kier alpha value is -3.22. The first kappa shape index (κ1) is 22.0. The summed E-state index contributed by atoms with van der Waals surface area (Å²) in [6.07, 6.45) is 2.43. The molecule has 32 heavy (non-hydrogen) atoms. The van der Waals surface area contributed by atoms with E-state index in [1.165, 1.54) is 0 Å². The van der Waals surface area contributed by atoms with Crippen molar-refractivity contribution in [3.8, 4) is 0 Å². The minimum absolute atomic E-state index is 0.0931. The molecule has 0 unspecified atom stereocenters. The second-order valence-electron chi connectivity index (χ2n) is 9.50. The van der Waals surface area contributed by atoms with Crippen LogP contribution in [0.5, 0.6) is 0 Å². The molecule has 2 amide bonds. The van der Waals surface area contributed by atoms with Gasteiger partial charge in [-0.05, 0) is 52.2 Å². The third kappa shape index (κ3) is 4.82. The van der Waals surface area contributed by atoms with Crippen molar-refractivity contribution in [1.82, 2.24) is 25.4 Å². The molecule has 3 aromatic rings. The quantitative estimate of drug-likeness (QED) is 0.593. The summed E-state index contributed by atoms with van der Waals surface area (Å²) in [4.78, 5) is 30.2. The predicted molar refractivity (Wildman–Crippen MR) is 124 cm³/mol. The number of aromatic nitrogens is 3. The van der Waals surface area contributed by atoms with Crippen molar-refractivity contribution in [3.63, 3.8) is 0 Å². The third-order valence-corrected chi connectivity index (χ3v) is 5.68. The Morgan fingerprint density at radius 1 is 1.12 bits per heavy atom. The zero-order valence-corrected chi connectivity index (χ0v) is 19.2. The fourth-order valence-electron chi connectivity index (χ4n) is 3.81. The molecule has 1 saturated carbocycles. The number of nitrogens with zero attached hydrogens (tertiary/aromatic N) is 3. The molecular weight excluding hydrogens is 402 g/mol. The molecule has 1 fully saturated rings. The second-order valence-corrected chi connectivity index (χ2v) is 9.50. The lowest BCUT2D eigenvalue weighted by molar-refractivity contribution is -0.121. The molecule has 168 valence electrons. The molecular formula is C25H31N5O2. The minimum Gasteiger partial charge on any atom is -0.352 e. The number of fused-ring (bicyclic) bond motifs is 1. The number of aryl methyl sites for hydroxylation is 1. The van der Waals surface area contributed by atoms with Crippen LogP contribution in [0, 0.1) is 6.92 Å². The number of hydrogen-bond donors (Lipinski definition) is 2. The Bertz CT molecular complexity index is 1140. The Labute approximate surface area is 188 Å². The van der Waals surface area contributed by atoms with Crippen molar-refractivity contribution in [3.05, 3.63) is 58.9 Å². The van der Waals surface area contributed by atoms with Gasteiger partial charge in [-0.3, -0.25) is 9.59 Å². The first-order valence-electron chi connectivity index (χ1n) is 11.2. The summed E-state index contributed by atoms with van der Waals surface area (Å²) >= 11 is 0. The molecule has 0 radical (unpaired) electrons. The smallest absolute Gasteiger partial charge is 0.252 e. The highest BCUT2D eigenvalue weighted by Gasteiger charge is 2.30. The number of pyridine rings is 1. The molecule has 7 nitrogen and oxygen atoms in total. The fourth-order valence-corrected chi connectivity index (χ4v) is 3.81. The molecule has 0 spiro atoms. The molecule has 0 atom stereocenters. The van der Waals surface area contributed by atoms with E-state index in [2.05, 4.69) is 31.4 Å². The molecule has 7 heteroatoms. The molecule has 0 aliphatic heterocycles. The first-order valence-corrected chi connectivity index (χ1v) is 11.2. The Kier molecular flexibility index (Phi) is 6.00. The zero-order valence-electron chi connectivity index (χ0n) is 19.2. The Morgan fingerprint density at radius 3 is 2.50 bits per heavy atom. The number of benzene rings is 1. The molecule has 2 aromatic heterocycles. The standard InChI is InChI=1S/C25H31N5O2/c1-16-22-19(14-20(18-10-11-18)28-23(22)30(29-16)25(2,3)4)24(32)26-13-12-21(31)27-15-17-8-6-5-7-9-17/h5-9,14,18H,10-13,15H2,1-4H3,(H,26,32)(H,27,31). The summed E-state index contributed by atoms with van der Waals surface area (Å²) in [5.41, 5.74) is 3.89. The van der Waals surface area contributed by atoms with E-state index in [4.69, 9.17) is 10.1 Å². The Balaban J connectivity index is 1.47. The highest BCUT2D eigenvalue weighted by atomic mass is 16.2. The lowest BCUT2D eigenvalue weighted by atomic mass is 10.1. The van der Waals surface area contributed by atoms with Crippen LogP contribution in [0.15, 0.2) is 36.4 Å².